The molecule has 1 fully saturated rings. The molecule has 21 heavy (non-hydrogen) atoms. The molecule has 0 atom stereocenters. The number of carboxylic acid groups (broad SMARTS) is 1. The second kappa shape index (κ2) is 5.78. The molecule has 0 aromatic carbocycles. The summed E-state index contributed by atoms with van der Waals surface area (Å²) in [5, 5.41) is 8.86. The molecule has 1 saturated heterocycles. The van der Waals surface area contributed by atoms with Gasteiger partial charge in [0.25, 0.3) is 5.91 Å². The average molecular weight is 313 g/mol. The molecule has 1 N–H and O–H groups in total. The molecule has 1 aromatic rings. The van der Waals surface area contributed by atoms with Gasteiger partial charge in [-0.05, 0) is 12.1 Å². The van der Waals surface area contributed by atoms with Gasteiger partial charge in [0.05, 0.1) is 6.26 Å². The zero-order valence-electron chi connectivity index (χ0n) is 11.4. The first-order valence-electron chi connectivity index (χ1n) is 6.23. The Hall–Kier alpha value is -2.00. The highest BCUT2D eigenvalue weighted by Crippen LogP contribution is 2.11. The largest absolute Gasteiger partial charge is 0.477 e. The van der Waals surface area contributed by atoms with Gasteiger partial charge in [-0.25, -0.2) is 18.2 Å². The van der Waals surface area contributed by atoms with Crippen molar-refractivity contribution in [3.63, 3.8) is 0 Å². The first-order valence-corrected chi connectivity index (χ1v) is 8.07. The number of sulfonamides is 1. The summed E-state index contributed by atoms with van der Waals surface area (Å²) in [6, 6.07) is 2.66. The highest BCUT2D eigenvalue weighted by Gasteiger charge is 2.26. The van der Waals surface area contributed by atoms with E-state index in [9.17, 15) is 18.0 Å². The maximum atomic E-state index is 12.3. The summed E-state index contributed by atoms with van der Waals surface area (Å²) in [6.45, 7) is 1.02. The predicted octanol–water partition coefficient (Wildman–Crippen LogP) is -0.503. The van der Waals surface area contributed by atoms with Crippen molar-refractivity contribution in [3.05, 3.63) is 29.6 Å². The minimum absolute atomic E-state index is 0.198. The number of piperazine rings is 1. The molecule has 1 aliphatic heterocycles. The van der Waals surface area contributed by atoms with E-state index in [0.717, 1.165) is 6.26 Å². The molecule has 8 nitrogen and oxygen atoms in total. The number of carbonyl (C=O) groups is 2. The number of hydrogen-bond donors (Lipinski definition) is 1. The summed E-state index contributed by atoms with van der Waals surface area (Å²) in [6.07, 6.45) is 2.40. The first-order chi connectivity index (χ1) is 9.79. The molecule has 1 aromatic heterocycles. The summed E-state index contributed by atoms with van der Waals surface area (Å²) in [4.78, 5) is 28.3. The molecule has 2 rings (SSSR count). The zero-order valence-corrected chi connectivity index (χ0v) is 12.2. The maximum Gasteiger partial charge on any atom is 0.354 e. The van der Waals surface area contributed by atoms with Crippen molar-refractivity contribution in [2.45, 2.75) is 0 Å². The number of aromatic carboxylic acids is 1. The van der Waals surface area contributed by atoms with Gasteiger partial charge in [0, 0.05) is 37.9 Å². The molecule has 0 saturated carbocycles. The lowest BCUT2D eigenvalue weighted by molar-refractivity contribution is 0.0690. The quantitative estimate of drug-likeness (QED) is 0.806. The molecule has 0 bridgehead atoms. The van der Waals surface area contributed by atoms with Crippen LogP contribution in [0, 0.1) is 0 Å². The Morgan fingerprint density at radius 2 is 1.86 bits per heavy atom. The number of amides is 1. The van der Waals surface area contributed by atoms with Crippen molar-refractivity contribution in [2.24, 2.45) is 0 Å². The van der Waals surface area contributed by atoms with Gasteiger partial charge >= 0.3 is 5.97 Å². The van der Waals surface area contributed by atoms with E-state index >= 15 is 0 Å². The van der Waals surface area contributed by atoms with E-state index in [4.69, 9.17) is 5.11 Å². The van der Waals surface area contributed by atoms with Gasteiger partial charge in [-0.15, -0.1) is 0 Å². The second-order valence-corrected chi connectivity index (χ2v) is 6.67. The third kappa shape index (κ3) is 3.56. The number of hydrogen-bond acceptors (Lipinski definition) is 5. The maximum absolute atomic E-state index is 12.3. The number of nitrogens with zero attached hydrogens (tertiary/aromatic N) is 3. The van der Waals surface area contributed by atoms with Crippen LogP contribution in [0.4, 0.5) is 0 Å². The highest BCUT2D eigenvalue weighted by atomic mass is 32.2. The Bertz CT molecular complexity index is 665. The van der Waals surface area contributed by atoms with E-state index in [1.165, 1.54) is 27.5 Å². The van der Waals surface area contributed by atoms with E-state index in [2.05, 4.69) is 4.98 Å². The van der Waals surface area contributed by atoms with Crippen molar-refractivity contribution in [1.29, 1.82) is 0 Å². The monoisotopic (exact) mass is 313 g/mol. The minimum Gasteiger partial charge on any atom is -0.477 e. The Balaban J connectivity index is 2.09. The zero-order chi connectivity index (χ0) is 15.6. The fraction of sp³-hybridized carbons (Fsp3) is 0.417. The van der Waals surface area contributed by atoms with Crippen molar-refractivity contribution in [1.82, 2.24) is 14.2 Å². The smallest absolute Gasteiger partial charge is 0.354 e. The van der Waals surface area contributed by atoms with Crippen molar-refractivity contribution >= 4 is 21.9 Å². The van der Waals surface area contributed by atoms with E-state index in [-0.39, 0.29) is 43.3 Å². The number of carbonyl (C=O) groups excluding carboxylic acids is 1. The third-order valence-electron chi connectivity index (χ3n) is 3.22. The lowest BCUT2D eigenvalue weighted by atomic mass is 10.2. The van der Waals surface area contributed by atoms with Crippen LogP contribution in [0.3, 0.4) is 0 Å². The molecule has 0 spiro atoms. The molecule has 0 unspecified atom stereocenters. The Labute approximate surface area is 122 Å². The van der Waals surface area contributed by atoms with Gasteiger partial charge in [-0.3, -0.25) is 4.79 Å². The fourth-order valence-corrected chi connectivity index (χ4v) is 2.91. The van der Waals surface area contributed by atoms with Crippen LogP contribution in [0.25, 0.3) is 0 Å². The molecule has 1 aliphatic rings. The predicted molar refractivity (Wildman–Crippen MR) is 73.5 cm³/mol. The number of carboxylic acids is 1. The van der Waals surface area contributed by atoms with Gasteiger partial charge in [-0.1, -0.05) is 0 Å². The second-order valence-electron chi connectivity index (χ2n) is 4.69. The van der Waals surface area contributed by atoms with Crippen LogP contribution in [-0.4, -0.2) is 72.0 Å². The van der Waals surface area contributed by atoms with Crippen LogP contribution in [-0.2, 0) is 10.0 Å². The summed E-state index contributed by atoms with van der Waals surface area (Å²) < 4.78 is 24.1. The van der Waals surface area contributed by atoms with Crippen LogP contribution in [0.15, 0.2) is 18.3 Å². The summed E-state index contributed by atoms with van der Waals surface area (Å²) in [5.41, 5.74) is 0.0332. The Morgan fingerprint density at radius 1 is 1.24 bits per heavy atom. The number of aromatic nitrogens is 1. The van der Waals surface area contributed by atoms with Gasteiger partial charge in [0.15, 0.2) is 0 Å². The van der Waals surface area contributed by atoms with Crippen molar-refractivity contribution in [2.75, 3.05) is 32.4 Å². The SMILES string of the molecule is CS(=O)(=O)N1CCN(C(=O)c2ccnc(C(=O)O)c2)CC1. The third-order valence-corrected chi connectivity index (χ3v) is 4.52. The highest BCUT2D eigenvalue weighted by molar-refractivity contribution is 7.88. The normalized spacial score (nSPS) is 16.7. The summed E-state index contributed by atoms with van der Waals surface area (Å²) >= 11 is 0. The van der Waals surface area contributed by atoms with Crippen LogP contribution < -0.4 is 0 Å². The Kier molecular flexibility index (Phi) is 4.24. The van der Waals surface area contributed by atoms with Gasteiger partial charge in [0.1, 0.15) is 5.69 Å². The van der Waals surface area contributed by atoms with Gasteiger partial charge in [0.2, 0.25) is 10.0 Å². The molecule has 1 amide bonds. The molecular formula is C12H15N3O5S. The average Bonchev–Trinajstić information content (AvgIpc) is 2.46. The summed E-state index contributed by atoms with van der Waals surface area (Å²) in [7, 11) is -3.25. The molecule has 114 valence electrons. The number of pyridine rings is 1. The van der Waals surface area contributed by atoms with Crippen molar-refractivity contribution < 1.29 is 23.1 Å². The lowest BCUT2D eigenvalue weighted by Crippen LogP contribution is -2.50. The van der Waals surface area contributed by atoms with E-state index in [1.54, 1.807) is 0 Å². The number of rotatable bonds is 3. The van der Waals surface area contributed by atoms with Crippen LogP contribution in [0.5, 0.6) is 0 Å². The lowest BCUT2D eigenvalue weighted by Gasteiger charge is -2.33. The first kappa shape index (κ1) is 15.4. The molecule has 2 heterocycles. The fourth-order valence-electron chi connectivity index (χ4n) is 2.09. The van der Waals surface area contributed by atoms with Crippen LogP contribution >= 0.6 is 0 Å². The van der Waals surface area contributed by atoms with E-state index < -0.39 is 16.0 Å². The molecular weight excluding hydrogens is 298 g/mol. The van der Waals surface area contributed by atoms with Gasteiger partial charge in [-0.2, -0.15) is 4.31 Å². The molecule has 0 radical (unpaired) electrons. The summed E-state index contributed by atoms with van der Waals surface area (Å²) in [5.74, 6) is -1.53. The van der Waals surface area contributed by atoms with E-state index in [1.807, 2.05) is 0 Å². The Morgan fingerprint density at radius 3 is 2.38 bits per heavy atom. The van der Waals surface area contributed by atoms with Crippen LogP contribution in [0.1, 0.15) is 20.8 Å². The van der Waals surface area contributed by atoms with Crippen molar-refractivity contribution in [3.8, 4) is 0 Å². The van der Waals surface area contributed by atoms with Gasteiger partial charge < -0.3 is 10.0 Å². The molecule has 9 heteroatoms. The standard InChI is InChI=1S/C12H15N3O5S/c1-21(19,20)15-6-4-14(5-7-15)11(16)9-2-3-13-10(8-9)12(17)18/h2-3,8H,4-7H2,1H3,(H,17,18). The molecule has 0 aliphatic carbocycles. The minimum atomic E-state index is -3.25. The van der Waals surface area contributed by atoms with Crippen LogP contribution in [0.2, 0.25) is 0 Å². The van der Waals surface area contributed by atoms with E-state index in [0.29, 0.717) is 0 Å². The topological polar surface area (TPSA) is 108 Å².